The Labute approximate surface area is 128 Å². The van der Waals surface area contributed by atoms with Crippen LogP contribution >= 0.6 is 15.9 Å². The fourth-order valence-electron chi connectivity index (χ4n) is 2.27. The van der Waals surface area contributed by atoms with Crippen molar-refractivity contribution < 1.29 is 4.39 Å². The van der Waals surface area contributed by atoms with Gasteiger partial charge in [0, 0.05) is 16.9 Å². The molecule has 0 fully saturated rings. The van der Waals surface area contributed by atoms with Crippen LogP contribution in [-0.4, -0.2) is 13.1 Å². The van der Waals surface area contributed by atoms with E-state index in [9.17, 15) is 4.39 Å². The molecule has 2 aromatic carbocycles. The first-order chi connectivity index (χ1) is 9.69. The van der Waals surface area contributed by atoms with Crippen LogP contribution in [0.25, 0.3) is 0 Å². The molecule has 0 aliphatic carbocycles. The molecule has 2 aromatic rings. The summed E-state index contributed by atoms with van der Waals surface area (Å²) in [5, 5.41) is 3.39. The Hall–Kier alpha value is -1.19. The van der Waals surface area contributed by atoms with Gasteiger partial charge in [0.1, 0.15) is 5.82 Å². The normalized spacial score (nSPS) is 12.3. The predicted molar refractivity (Wildman–Crippen MR) is 85.5 cm³/mol. The smallest absolute Gasteiger partial charge is 0.123 e. The van der Waals surface area contributed by atoms with E-state index >= 15 is 0 Å². The van der Waals surface area contributed by atoms with Gasteiger partial charge in [0.2, 0.25) is 0 Å². The predicted octanol–water partition coefficient (Wildman–Crippen LogP) is 4.52. The molecule has 2 rings (SSSR count). The molecule has 0 aliphatic rings. The van der Waals surface area contributed by atoms with E-state index in [0.29, 0.717) is 5.92 Å². The highest BCUT2D eigenvalue weighted by Crippen LogP contribution is 2.22. The number of nitrogens with one attached hydrogen (secondary N) is 1. The van der Waals surface area contributed by atoms with Gasteiger partial charge in [0.05, 0.1) is 0 Å². The van der Waals surface area contributed by atoms with Crippen LogP contribution in [0.5, 0.6) is 0 Å². The van der Waals surface area contributed by atoms with Crippen molar-refractivity contribution in [1.82, 2.24) is 5.32 Å². The second-order valence-corrected chi connectivity index (χ2v) is 5.80. The van der Waals surface area contributed by atoms with E-state index in [4.69, 9.17) is 0 Å². The molecular formula is C17H19BrFN. The molecule has 0 bridgehead atoms. The van der Waals surface area contributed by atoms with E-state index in [2.05, 4.69) is 52.4 Å². The number of likely N-dealkylation sites (N-methyl/N-ethyl adjacent to an activating group) is 1. The third kappa shape index (κ3) is 4.43. The number of halogens is 2. The van der Waals surface area contributed by atoms with Crippen molar-refractivity contribution in [2.45, 2.75) is 19.3 Å². The monoisotopic (exact) mass is 335 g/mol. The largest absolute Gasteiger partial charge is 0.316 e. The first-order valence-electron chi connectivity index (χ1n) is 6.89. The van der Waals surface area contributed by atoms with E-state index in [1.807, 2.05) is 12.1 Å². The number of benzene rings is 2. The lowest BCUT2D eigenvalue weighted by Gasteiger charge is -2.18. The van der Waals surface area contributed by atoms with E-state index in [0.717, 1.165) is 24.0 Å². The summed E-state index contributed by atoms with van der Waals surface area (Å²) in [4.78, 5) is 0. The van der Waals surface area contributed by atoms with Gasteiger partial charge in [-0.25, -0.2) is 4.39 Å². The average Bonchev–Trinajstić information content (AvgIpc) is 2.46. The van der Waals surface area contributed by atoms with Crippen molar-refractivity contribution in [2.24, 2.45) is 0 Å². The van der Waals surface area contributed by atoms with Crippen LogP contribution in [0.2, 0.25) is 0 Å². The molecule has 0 saturated heterocycles. The Kier molecular flexibility index (Phi) is 5.74. The van der Waals surface area contributed by atoms with Crippen LogP contribution in [0, 0.1) is 5.82 Å². The molecule has 20 heavy (non-hydrogen) atoms. The maximum atomic E-state index is 13.1. The van der Waals surface area contributed by atoms with E-state index < -0.39 is 0 Å². The Bertz CT molecular complexity index is 522. The Morgan fingerprint density at radius 1 is 1.05 bits per heavy atom. The van der Waals surface area contributed by atoms with Gasteiger partial charge in [-0.3, -0.25) is 0 Å². The fourth-order valence-corrected chi connectivity index (χ4v) is 2.53. The van der Waals surface area contributed by atoms with Crippen molar-refractivity contribution in [1.29, 1.82) is 0 Å². The summed E-state index contributed by atoms with van der Waals surface area (Å²) >= 11 is 3.45. The lowest BCUT2D eigenvalue weighted by Crippen LogP contribution is -2.22. The van der Waals surface area contributed by atoms with E-state index in [1.165, 1.54) is 23.3 Å². The standard InChI is InChI=1S/C17H19BrFN/c1-2-20-12-15(14-5-9-17(19)10-6-14)11-13-3-7-16(18)8-4-13/h3-10,15,20H,2,11-12H2,1H3. The van der Waals surface area contributed by atoms with Crippen molar-refractivity contribution in [3.8, 4) is 0 Å². The minimum absolute atomic E-state index is 0.181. The molecule has 1 nitrogen and oxygen atoms in total. The SMILES string of the molecule is CCNCC(Cc1ccc(Br)cc1)c1ccc(F)cc1. The molecule has 0 radical (unpaired) electrons. The third-order valence-corrected chi connectivity index (χ3v) is 3.91. The Morgan fingerprint density at radius 3 is 2.30 bits per heavy atom. The van der Waals surface area contributed by atoms with Gasteiger partial charge in [-0.05, 0) is 48.4 Å². The minimum atomic E-state index is -0.181. The van der Waals surface area contributed by atoms with Gasteiger partial charge in [0.25, 0.3) is 0 Å². The molecule has 0 spiro atoms. The first-order valence-corrected chi connectivity index (χ1v) is 7.69. The molecule has 1 unspecified atom stereocenters. The minimum Gasteiger partial charge on any atom is -0.316 e. The van der Waals surface area contributed by atoms with Crippen LogP contribution in [0.15, 0.2) is 53.0 Å². The number of hydrogen-bond donors (Lipinski definition) is 1. The lowest BCUT2D eigenvalue weighted by molar-refractivity contribution is 0.590. The van der Waals surface area contributed by atoms with Gasteiger partial charge < -0.3 is 5.32 Å². The topological polar surface area (TPSA) is 12.0 Å². The van der Waals surface area contributed by atoms with Crippen LogP contribution < -0.4 is 5.32 Å². The summed E-state index contributed by atoms with van der Waals surface area (Å²) in [5.74, 6) is 0.177. The Morgan fingerprint density at radius 2 is 1.70 bits per heavy atom. The number of rotatable bonds is 6. The highest BCUT2D eigenvalue weighted by Gasteiger charge is 2.12. The molecule has 0 amide bonds. The first kappa shape index (κ1) is 15.2. The summed E-state index contributed by atoms with van der Waals surface area (Å²) in [6.45, 7) is 3.94. The van der Waals surface area contributed by atoms with E-state index in [-0.39, 0.29) is 5.82 Å². The zero-order valence-corrected chi connectivity index (χ0v) is 13.2. The maximum absolute atomic E-state index is 13.1. The molecular weight excluding hydrogens is 317 g/mol. The highest BCUT2D eigenvalue weighted by molar-refractivity contribution is 9.10. The molecule has 0 saturated carbocycles. The van der Waals surface area contributed by atoms with Crippen molar-refractivity contribution in [2.75, 3.05) is 13.1 Å². The third-order valence-electron chi connectivity index (χ3n) is 3.38. The molecule has 1 N–H and O–H groups in total. The van der Waals surface area contributed by atoms with Gasteiger partial charge in [0.15, 0.2) is 0 Å². The zero-order chi connectivity index (χ0) is 14.4. The summed E-state index contributed by atoms with van der Waals surface area (Å²) in [6.07, 6.45) is 0.950. The van der Waals surface area contributed by atoms with Gasteiger partial charge in [-0.2, -0.15) is 0 Å². The zero-order valence-electron chi connectivity index (χ0n) is 11.6. The molecule has 0 aromatic heterocycles. The maximum Gasteiger partial charge on any atom is 0.123 e. The molecule has 0 aliphatic heterocycles. The highest BCUT2D eigenvalue weighted by atomic mass is 79.9. The fraction of sp³-hybridized carbons (Fsp3) is 0.294. The molecule has 1 atom stereocenters. The molecule has 106 valence electrons. The average molecular weight is 336 g/mol. The second-order valence-electron chi connectivity index (χ2n) is 4.89. The summed E-state index contributed by atoms with van der Waals surface area (Å²) in [6, 6.07) is 15.2. The molecule has 0 heterocycles. The van der Waals surface area contributed by atoms with Crippen molar-refractivity contribution in [3.63, 3.8) is 0 Å². The lowest BCUT2D eigenvalue weighted by atomic mass is 9.92. The van der Waals surface area contributed by atoms with Crippen LogP contribution in [0.1, 0.15) is 24.0 Å². The van der Waals surface area contributed by atoms with Gasteiger partial charge in [-0.15, -0.1) is 0 Å². The summed E-state index contributed by atoms with van der Waals surface area (Å²) in [7, 11) is 0. The second kappa shape index (κ2) is 7.55. The molecule has 3 heteroatoms. The van der Waals surface area contributed by atoms with Crippen molar-refractivity contribution in [3.05, 3.63) is 69.9 Å². The van der Waals surface area contributed by atoms with Crippen LogP contribution in [-0.2, 0) is 6.42 Å². The van der Waals surface area contributed by atoms with Crippen LogP contribution in [0.3, 0.4) is 0 Å². The summed E-state index contributed by atoms with van der Waals surface area (Å²) < 4.78 is 14.1. The van der Waals surface area contributed by atoms with Crippen molar-refractivity contribution >= 4 is 15.9 Å². The van der Waals surface area contributed by atoms with Gasteiger partial charge >= 0.3 is 0 Å². The van der Waals surface area contributed by atoms with E-state index in [1.54, 1.807) is 0 Å². The number of hydrogen-bond acceptors (Lipinski definition) is 1. The Balaban J connectivity index is 2.14. The summed E-state index contributed by atoms with van der Waals surface area (Å²) in [5.41, 5.74) is 2.47. The van der Waals surface area contributed by atoms with Gasteiger partial charge in [-0.1, -0.05) is 47.1 Å². The quantitative estimate of drug-likeness (QED) is 0.818. The van der Waals surface area contributed by atoms with Crippen LogP contribution in [0.4, 0.5) is 4.39 Å².